The Balaban J connectivity index is 2.04. The minimum atomic E-state index is -0.0695. The predicted octanol–water partition coefficient (Wildman–Crippen LogP) is 0.729. The van der Waals surface area contributed by atoms with E-state index in [-0.39, 0.29) is 11.6 Å². The van der Waals surface area contributed by atoms with Crippen molar-refractivity contribution in [3.05, 3.63) is 11.8 Å². The summed E-state index contributed by atoms with van der Waals surface area (Å²) >= 11 is 0. The Morgan fingerprint density at radius 1 is 1.31 bits per heavy atom. The van der Waals surface area contributed by atoms with Crippen LogP contribution in [0.4, 0.5) is 0 Å². The fourth-order valence-corrected chi connectivity index (χ4v) is 2.34. The lowest BCUT2D eigenvalue weighted by Crippen LogP contribution is -2.59. The van der Waals surface area contributed by atoms with E-state index >= 15 is 0 Å². The monoisotopic (exact) mass is 226 g/mol. The second-order valence-electron chi connectivity index (χ2n) is 4.97. The normalized spacial score (nSPS) is 25.1. The molecule has 2 rings (SSSR count). The number of rotatable bonds is 3. The zero-order valence-corrected chi connectivity index (χ0v) is 10.2. The Morgan fingerprint density at radius 3 is 2.56 bits per heavy atom. The maximum atomic E-state index is 6.31. The lowest BCUT2D eigenvalue weighted by molar-refractivity contribution is -0.0200. The highest BCUT2D eigenvalue weighted by atomic mass is 16.5. The van der Waals surface area contributed by atoms with Crippen molar-refractivity contribution >= 4 is 0 Å². The van der Waals surface area contributed by atoms with E-state index in [4.69, 9.17) is 15.2 Å². The topological polar surface area (TPSA) is 47.7 Å². The molecule has 2 heterocycles. The molecule has 0 bridgehead atoms. The van der Waals surface area contributed by atoms with Gasteiger partial charge in [0.2, 0.25) is 0 Å². The summed E-state index contributed by atoms with van der Waals surface area (Å²) in [6.07, 6.45) is 3.11. The van der Waals surface area contributed by atoms with Gasteiger partial charge >= 0.3 is 0 Å². The Hall–Kier alpha value is -0.580. The smallest absolute Gasteiger partial charge is 0.111 e. The average Bonchev–Trinajstić information content (AvgIpc) is 2.82. The van der Waals surface area contributed by atoms with E-state index in [9.17, 15) is 0 Å². The number of nitrogens with two attached hydrogens (primary N) is 1. The van der Waals surface area contributed by atoms with E-state index in [1.807, 2.05) is 0 Å². The Labute approximate surface area is 97.4 Å². The summed E-state index contributed by atoms with van der Waals surface area (Å²) < 4.78 is 10.9. The first-order valence-electron chi connectivity index (χ1n) is 6.03. The van der Waals surface area contributed by atoms with Crippen LogP contribution < -0.4 is 5.73 Å². The van der Waals surface area contributed by atoms with E-state index < -0.39 is 0 Å². The van der Waals surface area contributed by atoms with Gasteiger partial charge in [0.25, 0.3) is 0 Å². The van der Waals surface area contributed by atoms with Crippen LogP contribution in [0.25, 0.3) is 0 Å². The van der Waals surface area contributed by atoms with Crippen LogP contribution in [0.5, 0.6) is 0 Å². The Morgan fingerprint density at radius 2 is 2.00 bits per heavy atom. The third-order valence-electron chi connectivity index (χ3n) is 3.63. The molecular weight excluding hydrogens is 204 g/mol. The highest BCUT2D eigenvalue weighted by Crippen LogP contribution is 2.26. The van der Waals surface area contributed by atoms with Crippen molar-refractivity contribution in [2.75, 3.05) is 32.9 Å². The van der Waals surface area contributed by atoms with Crippen LogP contribution in [0.3, 0.4) is 0 Å². The molecule has 1 unspecified atom stereocenters. The van der Waals surface area contributed by atoms with Crippen molar-refractivity contribution in [3.63, 3.8) is 0 Å². The minimum Gasteiger partial charge on any atom is -0.496 e. The van der Waals surface area contributed by atoms with E-state index in [1.54, 1.807) is 0 Å². The van der Waals surface area contributed by atoms with E-state index in [2.05, 4.69) is 24.8 Å². The molecular formula is C12H22N2O2. The molecule has 0 aliphatic carbocycles. The maximum absolute atomic E-state index is 6.31. The van der Waals surface area contributed by atoms with Crippen molar-refractivity contribution in [1.29, 1.82) is 0 Å². The molecule has 4 heteroatoms. The van der Waals surface area contributed by atoms with Crippen LogP contribution in [0.15, 0.2) is 11.8 Å². The third kappa shape index (κ3) is 2.24. The van der Waals surface area contributed by atoms with Gasteiger partial charge in [0.05, 0.1) is 25.9 Å². The highest BCUT2D eigenvalue weighted by Gasteiger charge is 2.37. The molecule has 4 nitrogen and oxygen atoms in total. The summed E-state index contributed by atoms with van der Waals surface area (Å²) in [5.74, 6) is 0.955. The first kappa shape index (κ1) is 11.9. The van der Waals surface area contributed by atoms with E-state index in [1.165, 1.54) is 0 Å². The highest BCUT2D eigenvalue weighted by molar-refractivity contribution is 5.14. The molecule has 0 radical (unpaired) electrons. The summed E-state index contributed by atoms with van der Waals surface area (Å²) in [6, 6.07) is -0.0481. The van der Waals surface area contributed by atoms with Crippen LogP contribution in [-0.2, 0) is 9.47 Å². The zero-order valence-electron chi connectivity index (χ0n) is 10.2. The fraction of sp³-hybridized carbons (Fsp3) is 0.833. The molecule has 0 aromatic heterocycles. The molecule has 2 N–H and O–H groups in total. The number of ether oxygens (including phenoxy) is 2. The molecule has 1 fully saturated rings. The van der Waals surface area contributed by atoms with Crippen molar-refractivity contribution in [2.24, 2.45) is 5.73 Å². The van der Waals surface area contributed by atoms with Crippen molar-refractivity contribution in [1.82, 2.24) is 4.90 Å². The average molecular weight is 226 g/mol. The number of hydrogen-bond acceptors (Lipinski definition) is 4. The summed E-state index contributed by atoms with van der Waals surface area (Å²) in [7, 11) is 0. The fourth-order valence-electron chi connectivity index (χ4n) is 2.34. The zero-order chi connectivity index (χ0) is 11.6. The summed E-state index contributed by atoms with van der Waals surface area (Å²) in [6.45, 7) is 8.66. The van der Waals surface area contributed by atoms with E-state index in [0.717, 1.165) is 45.1 Å². The lowest BCUT2D eigenvalue weighted by Gasteiger charge is -2.44. The molecule has 1 atom stereocenters. The van der Waals surface area contributed by atoms with Crippen molar-refractivity contribution < 1.29 is 9.47 Å². The van der Waals surface area contributed by atoms with Gasteiger partial charge in [-0.25, -0.2) is 0 Å². The SMILES string of the molecule is CC(C)(C(N)C1=CCCO1)N1CCOCC1. The standard InChI is InChI=1S/C12H22N2O2/c1-12(2,14-5-8-15-9-6-14)11(13)10-4-3-7-16-10/h4,11H,3,5-9,13H2,1-2H3. The molecule has 2 aliphatic rings. The second-order valence-corrected chi connectivity index (χ2v) is 4.97. The van der Waals surface area contributed by atoms with Gasteiger partial charge in [-0.2, -0.15) is 0 Å². The first-order valence-corrected chi connectivity index (χ1v) is 6.03. The molecule has 0 spiro atoms. The number of hydrogen-bond donors (Lipinski definition) is 1. The quantitative estimate of drug-likeness (QED) is 0.770. The Bertz CT molecular complexity index is 270. The summed E-state index contributed by atoms with van der Waals surface area (Å²) in [4.78, 5) is 2.39. The van der Waals surface area contributed by atoms with Crippen LogP contribution in [0.1, 0.15) is 20.3 Å². The van der Waals surface area contributed by atoms with Gasteiger partial charge in [-0.3, -0.25) is 4.90 Å². The van der Waals surface area contributed by atoms with Crippen LogP contribution in [-0.4, -0.2) is 49.4 Å². The maximum Gasteiger partial charge on any atom is 0.111 e. The molecule has 16 heavy (non-hydrogen) atoms. The molecule has 0 saturated carbocycles. The van der Waals surface area contributed by atoms with Crippen LogP contribution in [0.2, 0.25) is 0 Å². The molecule has 0 aromatic rings. The van der Waals surface area contributed by atoms with Gasteiger partial charge in [-0.05, 0) is 19.9 Å². The van der Waals surface area contributed by atoms with Gasteiger partial charge < -0.3 is 15.2 Å². The number of nitrogens with zero attached hydrogens (tertiary/aromatic N) is 1. The van der Waals surface area contributed by atoms with Gasteiger partial charge in [-0.15, -0.1) is 0 Å². The van der Waals surface area contributed by atoms with Gasteiger partial charge in [0.15, 0.2) is 0 Å². The largest absolute Gasteiger partial charge is 0.496 e. The molecule has 2 aliphatic heterocycles. The van der Waals surface area contributed by atoms with Crippen molar-refractivity contribution in [3.8, 4) is 0 Å². The summed E-state index contributed by atoms with van der Waals surface area (Å²) in [5, 5.41) is 0. The molecule has 92 valence electrons. The van der Waals surface area contributed by atoms with Crippen LogP contribution >= 0.6 is 0 Å². The molecule has 0 amide bonds. The van der Waals surface area contributed by atoms with Gasteiger partial charge in [0.1, 0.15) is 5.76 Å². The Kier molecular flexibility index (Phi) is 3.52. The van der Waals surface area contributed by atoms with Crippen LogP contribution in [0, 0.1) is 0 Å². The van der Waals surface area contributed by atoms with E-state index in [0.29, 0.717) is 0 Å². The predicted molar refractivity (Wildman–Crippen MR) is 63.1 cm³/mol. The summed E-state index contributed by atoms with van der Waals surface area (Å²) in [5.41, 5.74) is 6.24. The minimum absolute atomic E-state index is 0.0481. The van der Waals surface area contributed by atoms with Gasteiger partial charge in [0, 0.05) is 25.0 Å². The molecule has 0 aromatic carbocycles. The third-order valence-corrected chi connectivity index (χ3v) is 3.63. The first-order chi connectivity index (χ1) is 7.62. The molecule has 1 saturated heterocycles. The van der Waals surface area contributed by atoms with Crippen molar-refractivity contribution in [2.45, 2.75) is 31.8 Å². The second kappa shape index (κ2) is 4.73. The lowest BCUT2D eigenvalue weighted by atomic mass is 9.91. The van der Waals surface area contributed by atoms with Gasteiger partial charge in [-0.1, -0.05) is 0 Å². The number of morpholine rings is 1.